The highest BCUT2D eigenvalue weighted by atomic mass is 32.2. The van der Waals surface area contributed by atoms with Crippen LogP contribution in [0.5, 0.6) is 0 Å². The van der Waals surface area contributed by atoms with Crippen molar-refractivity contribution in [3.63, 3.8) is 0 Å². The Morgan fingerprint density at radius 2 is 1.68 bits per heavy atom. The van der Waals surface area contributed by atoms with E-state index in [1.165, 1.54) is 72.3 Å². The second-order valence-electron chi connectivity index (χ2n) is 5.36. The van der Waals surface area contributed by atoms with Gasteiger partial charge in [-0.05, 0) is 36.5 Å². The maximum absolute atomic E-state index is 10.2. The number of hydrogen-bond donors (Lipinski definition) is 0. The van der Waals surface area contributed by atoms with Gasteiger partial charge in [-0.1, -0.05) is 64.0 Å². The Hall–Kier alpha value is -0.800. The van der Waals surface area contributed by atoms with Crippen LogP contribution >= 0.6 is 23.1 Å². The van der Waals surface area contributed by atoms with E-state index in [0.717, 1.165) is 6.29 Å². The van der Waals surface area contributed by atoms with Crippen molar-refractivity contribution in [1.82, 2.24) is 0 Å². The minimum atomic E-state index is 0.795. The van der Waals surface area contributed by atoms with Gasteiger partial charge in [-0.2, -0.15) is 0 Å². The summed E-state index contributed by atoms with van der Waals surface area (Å²) in [6.45, 7) is 2.27. The summed E-state index contributed by atoms with van der Waals surface area (Å²) in [6.07, 6.45) is 19.1. The summed E-state index contributed by atoms with van der Waals surface area (Å²) < 4.78 is 1.39. The summed E-state index contributed by atoms with van der Waals surface area (Å²) >= 11 is 3.79. The first-order chi connectivity index (χ1) is 10.9. The van der Waals surface area contributed by atoms with E-state index in [1.54, 1.807) is 6.08 Å². The number of carbonyl (C=O) groups is 1. The molecule has 0 fully saturated rings. The first kappa shape index (κ1) is 19.2. The van der Waals surface area contributed by atoms with Crippen LogP contribution in [-0.2, 0) is 4.79 Å². The van der Waals surface area contributed by atoms with Gasteiger partial charge >= 0.3 is 0 Å². The molecule has 0 N–H and O–H groups in total. The summed E-state index contributed by atoms with van der Waals surface area (Å²) in [7, 11) is 0. The standard InChI is InChI=1S/C19H28OS2/c1-2-3-4-5-6-7-8-12-17-21-19-15-14-18(22-19)13-10-9-11-16-20/h9-11,13-16H,2-8,12,17H2,1H3/b11-9+,13-10+. The van der Waals surface area contributed by atoms with Crippen LogP contribution in [0.1, 0.15) is 63.2 Å². The van der Waals surface area contributed by atoms with Gasteiger partial charge in [0.05, 0.1) is 4.21 Å². The molecule has 1 nitrogen and oxygen atoms in total. The van der Waals surface area contributed by atoms with Gasteiger partial charge in [0, 0.05) is 4.88 Å². The molecule has 0 spiro atoms. The number of carbonyl (C=O) groups excluding carboxylic acids is 1. The van der Waals surface area contributed by atoms with Crippen molar-refractivity contribution < 1.29 is 4.79 Å². The van der Waals surface area contributed by atoms with Crippen LogP contribution in [0.4, 0.5) is 0 Å². The molecular weight excluding hydrogens is 308 g/mol. The van der Waals surface area contributed by atoms with Crippen LogP contribution in [0.3, 0.4) is 0 Å². The molecule has 0 aliphatic carbocycles. The van der Waals surface area contributed by atoms with E-state index in [4.69, 9.17) is 0 Å². The highest BCUT2D eigenvalue weighted by molar-refractivity contribution is 8.01. The summed E-state index contributed by atoms with van der Waals surface area (Å²) in [5.74, 6) is 1.23. The molecule has 0 atom stereocenters. The zero-order valence-corrected chi connectivity index (χ0v) is 15.3. The Balaban J connectivity index is 2.05. The highest BCUT2D eigenvalue weighted by Crippen LogP contribution is 2.29. The SMILES string of the molecule is CCCCCCCCCCSc1ccc(/C=C/C=C/C=O)s1. The molecule has 22 heavy (non-hydrogen) atoms. The lowest BCUT2D eigenvalue weighted by Gasteiger charge is -2.01. The third-order valence-corrected chi connectivity index (χ3v) is 5.77. The molecule has 0 saturated heterocycles. The third-order valence-electron chi connectivity index (χ3n) is 3.41. The average Bonchev–Trinajstić information content (AvgIpc) is 2.98. The highest BCUT2D eigenvalue weighted by Gasteiger charge is 1.98. The topological polar surface area (TPSA) is 17.1 Å². The lowest BCUT2D eigenvalue weighted by atomic mass is 10.1. The molecule has 0 amide bonds. The Kier molecular flexibility index (Phi) is 12.1. The van der Waals surface area contributed by atoms with Crippen LogP contribution in [0.15, 0.2) is 34.6 Å². The summed E-state index contributed by atoms with van der Waals surface area (Å²) in [4.78, 5) is 11.4. The zero-order chi connectivity index (χ0) is 15.9. The number of thioether (sulfide) groups is 1. The molecule has 0 saturated carbocycles. The van der Waals surface area contributed by atoms with Crippen molar-refractivity contribution >= 4 is 35.5 Å². The van der Waals surface area contributed by atoms with E-state index in [0.29, 0.717) is 0 Å². The van der Waals surface area contributed by atoms with Gasteiger partial charge < -0.3 is 0 Å². The molecule has 122 valence electrons. The molecule has 1 heterocycles. The summed E-state index contributed by atoms with van der Waals surface area (Å²) in [5.41, 5.74) is 0. The number of rotatable bonds is 13. The van der Waals surface area contributed by atoms with E-state index in [-0.39, 0.29) is 0 Å². The average molecular weight is 337 g/mol. The van der Waals surface area contributed by atoms with Crippen molar-refractivity contribution in [1.29, 1.82) is 0 Å². The maximum Gasteiger partial charge on any atom is 0.142 e. The van der Waals surface area contributed by atoms with Gasteiger partial charge in [0.1, 0.15) is 6.29 Å². The molecule has 1 aromatic rings. The fraction of sp³-hybridized carbons (Fsp3) is 0.526. The molecule has 3 heteroatoms. The predicted octanol–water partition coefficient (Wildman–Crippen LogP) is 6.75. The van der Waals surface area contributed by atoms with Gasteiger partial charge in [-0.25, -0.2) is 0 Å². The monoisotopic (exact) mass is 336 g/mol. The lowest BCUT2D eigenvalue weighted by molar-refractivity contribution is -0.104. The molecular formula is C19H28OS2. The zero-order valence-electron chi connectivity index (χ0n) is 13.6. The summed E-state index contributed by atoms with van der Waals surface area (Å²) in [6, 6.07) is 4.34. The Morgan fingerprint density at radius 3 is 2.41 bits per heavy atom. The lowest BCUT2D eigenvalue weighted by Crippen LogP contribution is -1.82. The third kappa shape index (κ3) is 10.0. The number of allylic oxidation sites excluding steroid dienone is 3. The van der Waals surface area contributed by atoms with Crippen LogP contribution in [0, 0.1) is 0 Å². The second-order valence-corrected chi connectivity index (χ2v) is 7.87. The maximum atomic E-state index is 10.2. The quantitative estimate of drug-likeness (QED) is 0.130. The molecule has 0 aliphatic rings. The van der Waals surface area contributed by atoms with E-state index >= 15 is 0 Å². The Labute approximate surface area is 143 Å². The van der Waals surface area contributed by atoms with E-state index in [2.05, 4.69) is 19.1 Å². The van der Waals surface area contributed by atoms with Gasteiger partial charge in [-0.3, -0.25) is 4.79 Å². The minimum Gasteiger partial charge on any atom is -0.299 e. The number of aldehydes is 1. The van der Waals surface area contributed by atoms with Crippen molar-refractivity contribution in [2.75, 3.05) is 5.75 Å². The molecule has 0 aromatic carbocycles. The van der Waals surface area contributed by atoms with Crippen LogP contribution in [-0.4, -0.2) is 12.0 Å². The predicted molar refractivity (Wildman–Crippen MR) is 102 cm³/mol. The van der Waals surface area contributed by atoms with Crippen molar-refractivity contribution in [2.24, 2.45) is 0 Å². The number of hydrogen-bond acceptors (Lipinski definition) is 3. The van der Waals surface area contributed by atoms with Crippen molar-refractivity contribution in [3.05, 3.63) is 35.2 Å². The van der Waals surface area contributed by atoms with E-state index in [1.807, 2.05) is 35.3 Å². The van der Waals surface area contributed by atoms with Gasteiger partial charge in [0.25, 0.3) is 0 Å². The number of thiophene rings is 1. The first-order valence-corrected chi connectivity index (χ1v) is 10.2. The molecule has 0 bridgehead atoms. The molecule has 0 radical (unpaired) electrons. The van der Waals surface area contributed by atoms with E-state index in [9.17, 15) is 4.79 Å². The van der Waals surface area contributed by atoms with Crippen LogP contribution in [0.2, 0.25) is 0 Å². The largest absolute Gasteiger partial charge is 0.299 e. The fourth-order valence-electron chi connectivity index (χ4n) is 2.17. The molecule has 1 aromatic heterocycles. The Bertz CT molecular complexity index is 446. The van der Waals surface area contributed by atoms with Gasteiger partial charge in [-0.15, -0.1) is 23.1 Å². The minimum absolute atomic E-state index is 0.795. The second kappa shape index (κ2) is 13.8. The first-order valence-electron chi connectivity index (χ1n) is 8.38. The van der Waals surface area contributed by atoms with Gasteiger partial charge in [0.2, 0.25) is 0 Å². The molecule has 1 rings (SSSR count). The Morgan fingerprint density at radius 1 is 0.955 bits per heavy atom. The van der Waals surface area contributed by atoms with Crippen LogP contribution in [0.25, 0.3) is 6.08 Å². The van der Waals surface area contributed by atoms with Gasteiger partial charge in [0.15, 0.2) is 0 Å². The van der Waals surface area contributed by atoms with E-state index < -0.39 is 0 Å². The fourth-order valence-corrected chi connectivity index (χ4v) is 4.31. The van der Waals surface area contributed by atoms with Crippen molar-refractivity contribution in [3.8, 4) is 0 Å². The normalized spacial score (nSPS) is 11.7. The van der Waals surface area contributed by atoms with Crippen molar-refractivity contribution in [2.45, 2.75) is 62.5 Å². The van der Waals surface area contributed by atoms with Crippen LogP contribution < -0.4 is 0 Å². The molecule has 0 unspecified atom stereocenters. The molecule has 0 aliphatic heterocycles. The number of unbranched alkanes of at least 4 members (excludes halogenated alkanes) is 7. The summed E-state index contributed by atoms with van der Waals surface area (Å²) in [5, 5.41) is 0. The smallest absolute Gasteiger partial charge is 0.142 e.